The Kier molecular flexibility index (Phi) is 5.05. The molecule has 0 spiro atoms. The topological polar surface area (TPSA) is 80.7 Å². The van der Waals surface area contributed by atoms with E-state index in [9.17, 15) is 4.79 Å². The Morgan fingerprint density at radius 2 is 1.96 bits per heavy atom. The molecule has 2 aliphatic heterocycles. The number of carbonyl (C=O) groups excluding carboxylic acids is 1. The lowest BCUT2D eigenvalue weighted by Gasteiger charge is -2.29. The standard InChI is InChI=1S/C20H27N5O3/c1-20(2,3)28-19(26)25-6-4-5-16(25)14-11-21-12-15-18(14)23-17(13-22-15)24-7-9-27-10-8-24/h11-13,16H,4-10H2,1-3H3. The number of anilines is 1. The van der Waals surface area contributed by atoms with E-state index >= 15 is 0 Å². The van der Waals surface area contributed by atoms with E-state index in [0.29, 0.717) is 19.8 Å². The maximum atomic E-state index is 12.7. The molecule has 8 nitrogen and oxygen atoms in total. The van der Waals surface area contributed by atoms with Crippen LogP contribution in [-0.2, 0) is 9.47 Å². The van der Waals surface area contributed by atoms with Crippen LogP contribution in [0.2, 0.25) is 0 Å². The zero-order valence-electron chi connectivity index (χ0n) is 16.7. The summed E-state index contributed by atoms with van der Waals surface area (Å²) in [6, 6.07) is -0.0970. The Bertz CT molecular complexity index is 861. The van der Waals surface area contributed by atoms with Crippen molar-refractivity contribution in [2.75, 3.05) is 37.7 Å². The molecular weight excluding hydrogens is 358 g/mol. The molecule has 1 amide bonds. The summed E-state index contributed by atoms with van der Waals surface area (Å²) in [5.41, 5.74) is 1.96. The minimum atomic E-state index is -0.523. The van der Waals surface area contributed by atoms with E-state index in [1.807, 2.05) is 27.0 Å². The van der Waals surface area contributed by atoms with Crippen LogP contribution >= 0.6 is 0 Å². The van der Waals surface area contributed by atoms with Gasteiger partial charge < -0.3 is 19.3 Å². The van der Waals surface area contributed by atoms with E-state index in [4.69, 9.17) is 14.5 Å². The van der Waals surface area contributed by atoms with E-state index in [2.05, 4.69) is 14.9 Å². The fourth-order valence-electron chi connectivity index (χ4n) is 3.76. The molecule has 1 unspecified atom stereocenters. The van der Waals surface area contributed by atoms with Gasteiger partial charge in [0.2, 0.25) is 0 Å². The van der Waals surface area contributed by atoms with Crippen LogP contribution < -0.4 is 4.90 Å². The number of morpholine rings is 1. The van der Waals surface area contributed by atoms with Gasteiger partial charge in [-0.2, -0.15) is 0 Å². The first-order valence-electron chi connectivity index (χ1n) is 9.85. The second kappa shape index (κ2) is 7.50. The number of aromatic nitrogens is 3. The number of rotatable bonds is 2. The fourth-order valence-corrected chi connectivity index (χ4v) is 3.76. The summed E-state index contributed by atoms with van der Waals surface area (Å²) in [6.07, 6.45) is 6.83. The minimum absolute atomic E-state index is 0.0970. The molecule has 1 atom stereocenters. The van der Waals surface area contributed by atoms with Gasteiger partial charge in [0.05, 0.1) is 37.2 Å². The Balaban J connectivity index is 1.68. The lowest BCUT2D eigenvalue weighted by Crippen LogP contribution is -2.37. The molecule has 2 aromatic heterocycles. The number of hydrogen-bond acceptors (Lipinski definition) is 7. The van der Waals surface area contributed by atoms with Gasteiger partial charge in [-0.25, -0.2) is 14.8 Å². The minimum Gasteiger partial charge on any atom is -0.444 e. The van der Waals surface area contributed by atoms with Crippen LogP contribution in [0.5, 0.6) is 0 Å². The van der Waals surface area contributed by atoms with Crippen molar-refractivity contribution < 1.29 is 14.3 Å². The number of fused-ring (bicyclic) bond motifs is 1. The number of amides is 1. The lowest BCUT2D eigenvalue weighted by molar-refractivity contribution is 0.0225. The predicted octanol–water partition coefficient (Wildman–Crippen LogP) is 2.93. The number of pyridine rings is 1. The van der Waals surface area contributed by atoms with E-state index in [0.717, 1.165) is 48.3 Å². The first-order valence-corrected chi connectivity index (χ1v) is 9.85. The zero-order valence-corrected chi connectivity index (χ0v) is 16.7. The molecule has 4 rings (SSSR count). The molecule has 0 saturated carbocycles. The predicted molar refractivity (Wildman–Crippen MR) is 105 cm³/mol. The monoisotopic (exact) mass is 385 g/mol. The van der Waals surface area contributed by atoms with Crippen LogP contribution in [-0.4, -0.2) is 64.4 Å². The summed E-state index contributed by atoms with van der Waals surface area (Å²) in [5, 5.41) is 0. The highest BCUT2D eigenvalue weighted by atomic mass is 16.6. The van der Waals surface area contributed by atoms with Crippen molar-refractivity contribution >= 4 is 22.9 Å². The molecule has 2 fully saturated rings. The maximum absolute atomic E-state index is 12.7. The summed E-state index contributed by atoms with van der Waals surface area (Å²) < 4.78 is 11.0. The molecule has 4 heterocycles. The van der Waals surface area contributed by atoms with E-state index in [1.54, 1.807) is 17.3 Å². The number of carbonyl (C=O) groups is 1. The van der Waals surface area contributed by atoms with Crippen molar-refractivity contribution in [1.82, 2.24) is 19.9 Å². The third-order valence-electron chi connectivity index (χ3n) is 5.05. The van der Waals surface area contributed by atoms with Crippen molar-refractivity contribution in [1.29, 1.82) is 0 Å². The first kappa shape index (κ1) is 18.9. The van der Waals surface area contributed by atoms with Gasteiger partial charge in [-0.05, 0) is 33.6 Å². The van der Waals surface area contributed by atoms with Gasteiger partial charge in [0.25, 0.3) is 0 Å². The van der Waals surface area contributed by atoms with E-state index in [-0.39, 0.29) is 12.1 Å². The molecule has 0 aromatic carbocycles. The highest BCUT2D eigenvalue weighted by Gasteiger charge is 2.34. The number of likely N-dealkylation sites (tertiary alicyclic amines) is 1. The van der Waals surface area contributed by atoms with Gasteiger partial charge in [-0.3, -0.25) is 4.98 Å². The van der Waals surface area contributed by atoms with Gasteiger partial charge >= 0.3 is 6.09 Å². The average molecular weight is 385 g/mol. The Labute approximate surface area is 164 Å². The van der Waals surface area contributed by atoms with Crippen LogP contribution in [0.3, 0.4) is 0 Å². The van der Waals surface area contributed by atoms with Crippen molar-refractivity contribution in [2.45, 2.75) is 45.3 Å². The van der Waals surface area contributed by atoms with Crippen molar-refractivity contribution in [3.8, 4) is 0 Å². The number of ether oxygens (including phenoxy) is 2. The lowest BCUT2D eigenvalue weighted by atomic mass is 10.1. The molecule has 28 heavy (non-hydrogen) atoms. The summed E-state index contributed by atoms with van der Waals surface area (Å²) in [5.74, 6) is 0.838. The number of nitrogens with zero attached hydrogens (tertiary/aromatic N) is 5. The van der Waals surface area contributed by atoms with Crippen LogP contribution in [0.4, 0.5) is 10.6 Å². The molecule has 2 saturated heterocycles. The summed E-state index contributed by atoms with van der Waals surface area (Å²) in [4.78, 5) is 30.5. The molecule has 2 aromatic rings. The van der Waals surface area contributed by atoms with Gasteiger partial charge in [0.15, 0.2) is 0 Å². The second-order valence-corrected chi connectivity index (χ2v) is 8.26. The van der Waals surface area contributed by atoms with Crippen molar-refractivity contribution in [3.05, 3.63) is 24.2 Å². The summed E-state index contributed by atoms with van der Waals surface area (Å²) in [7, 11) is 0. The second-order valence-electron chi connectivity index (χ2n) is 8.26. The molecule has 8 heteroatoms. The molecular formula is C20H27N5O3. The van der Waals surface area contributed by atoms with Gasteiger partial charge in [0, 0.05) is 31.4 Å². The number of hydrogen-bond donors (Lipinski definition) is 0. The van der Waals surface area contributed by atoms with E-state index in [1.165, 1.54) is 0 Å². The molecule has 150 valence electrons. The van der Waals surface area contributed by atoms with Crippen molar-refractivity contribution in [3.63, 3.8) is 0 Å². The third-order valence-corrected chi connectivity index (χ3v) is 5.05. The first-order chi connectivity index (χ1) is 13.4. The Morgan fingerprint density at radius 3 is 2.71 bits per heavy atom. The molecule has 0 radical (unpaired) electrons. The molecule has 0 aliphatic carbocycles. The average Bonchev–Trinajstić information content (AvgIpc) is 3.16. The van der Waals surface area contributed by atoms with E-state index < -0.39 is 5.60 Å². The molecule has 0 bridgehead atoms. The maximum Gasteiger partial charge on any atom is 0.410 e. The van der Waals surface area contributed by atoms with Crippen LogP contribution in [0.15, 0.2) is 18.6 Å². The Morgan fingerprint density at radius 1 is 1.18 bits per heavy atom. The smallest absolute Gasteiger partial charge is 0.410 e. The van der Waals surface area contributed by atoms with Gasteiger partial charge in [0.1, 0.15) is 16.9 Å². The highest BCUT2D eigenvalue weighted by Crippen LogP contribution is 2.36. The van der Waals surface area contributed by atoms with Gasteiger partial charge in [-0.1, -0.05) is 0 Å². The largest absolute Gasteiger partial charge is 0.444 e. The highest BCUT2D eigenvalue weighted by molar-refractivity contribution is 5.80. The third kappa shape index (κ3) is 3.87. The van der Waals surface area contributed by atoms with Gasteiger partial charge in [-0.15, -0.1) is 0 Å². The van der Waals surface area contributed by atoms with Crippen LogP contribution in [0.25, 0.3) is 11.0 Å². The van der Waals surface area contributed by atoms with Crippen molar-refractivity contribution in [2.24, 2.45) is 0 Å². The fraction of sp³-hybridized carbons (Fsp3) is 0.600. The molecule has 2 aliphatic rings. The molecule has 0 N–H and O–H groups in total. The normalized spacial score (nSPS) is 20.6. The summed E-state index contributed by atoms with van der Waals surface area (Å²) >= 11 is 0. The van der Waals surface area contributed by atoms with Crippen LogP contribution in [0, 0.1) is 0 Å². The summed E-state index contributed by atoms with van der Waals surface area (Å²) in [6.45, 7) is 9.31. The zero-order chi connectivity index (χ0) is 19.7. The Hall–Kier alpha value is -2.48. The SMILES string of the molecule is CC(C)(C)OC(=O)N1CCCC1c1cncc2ncc(N3CCOCC3)nc12. The van der Waals surface area contributed by atoms with Crippen LogP contribution in [0.1, 0.15) is 45.2 Å². The quantitative estimate of drug-likeness (QED) is 0.786.